The van der Waals surface area contributed by atoms with Crippen LogP contribution in [0, 0.1) is 6.92 Å². The fraction of sp³-hybridized carbons (Fsp3) is 0.0909. The Morgan fingerprint density at radius 3 is 2.71 bits per heavy atom. The summed E-state index contributed by atoms with van der Waals surface area (Å²) in [6, 6.07) is 5.90. The summed E-state index contributed by atoms with van der Waals surface area (Å²) in [4.78, 5) is 10.8. The van der Waals surface area contributed by atoms with Gasteiger partial charge in [0.2, 0.25) is 0 Å². The number of carboxylic acid groups (broad SMARTS) is 1. The highest BCUT2D eigenvalue weighted by Crippen LogP contribution is 2.26. The van der Waals surface area contributed by atoms with Gasteiger partial charge in [-0.2, -0.15) is 5.10 Å². The summed E-state index contributed by atoms with van der Waals surface area (Å²) < 4.78 is 1.34. The van der Waals surface area contributed by atoms with E-state index in [1.165, 1.54) is 28.9 Å². The smallest absolute Gasteiger partial charge is 0.356 e. The van der Waals surface area contributed by atoms with Gasteiger partial charge in [0.1, 0.15) is 11.4 Å². The summed E-state index contributed by atoms with van der Waals surface area (Å²) in [6.45, 7) is 1.69. The first-order valence-electron chi connectivity index (χ1n) is 4.78. The maximum absolute atomic E-state index is 10.8. The van der Waals surface area contributed by atoms with Crippen LogP contribution in [-0.4, -0.2) is 26.0 Å². The Labute approximate surface area is 102 Å². The topological polar surface area (TPSA) is 75.3 Å². The lowest BCUT2D eigenvalue weighted by molar-refractivity contribution is 0.0690. The van der Waals surface area contributed by atoms with Gasteiger partial charge in [0.15, 0.2) is 5.69 Å². The molecule has 0 spiro atoms. The fourth-order valence-corrected chi connectivity index (χ4v) is 1.66. The van der Waals surface area contributed by atoms with E-state index in [1.54, 1.807) is 6.92 Å². The third kappa shape index (κ3) is 2.09. The largest absolute Gasteiger partial charge is 0.506 e. The first-order chi connectivity index (χ1) is 7.99. The Kier molecular flexibility index (Phi) is 2.77. The Morgan fingerprint density at radius 2 is 2.12 bits per heavy atom. The first kappa shape index (κ1) is 11.5. The molecule has 0 radical (unpaired) electrons. The van der Waals surface area contributed by atoms with E-state index in [2.05, 4.69) is 5.10 Å². The van der Waals surface area contributed by atoms with E-state index in [0.717, 1.165) is 0 Å². The molecule has 2 rings (SSSR count). The van der Waals surface area contributed by atoms with Gasteiger partial charge >= 0.3 is 5.97 Å². The van der Waals surface area contributed by atoms with Gasteiger partial charge in [-0.15, -0.1) is 0 Å². The molecule has 0 amide bonds. The number of aromatic carboxylic acids is 1. The van der Waals surface area contributed by atoms with Crippen molar-refractivity contribution in [2.24, 2.45) is 0 Å². The zero-order chi connectivity index (χ0) is 12.6. The normalized spacial score (nSPS) is 10.5. The summed E-state index contributed by atoms with van der Waals surface area (Å²) in [5.74, 6) is -1.13. The maximum Gasteiger partial charge on any atom is 0.356 e. The molecule has 1 aromatic heterocycles. The van der Waals surface area contributed by atoms with Gasteiger partial charge in [0.25, 0.3) is 0 Å². The molecule has 0 aliphatic rings. The Bertz CT molecular complexity index is 592. The quantitative estimate of drug-likeness (QED) is 0.859. The van der Waals surface area contributed by atoms with Gasteiger partial charge in [-0.3, -0.25) is 0 Å². The van der Waals surface area contributed by atoms with Gasteiger partial charge in [-0.25, -0.2) is 9.48 Å². The second-order valence-electron chi connectivity index (χ2n) is 3.52. The molecule has 0 saturated carbocycles. The number of halogens is 1. The number of aromatic hydroxyl groups is 1. The van der Waals surface area contributed by atoms with E-state index in [0.29, 0.717) is 16.4 Å². The number of hydrogen-bond acceptors (Lipinski definition) is 3. The van der Waals surface area contributed by atoms with Crippen LogP contribution in [0.2, 0.25) is 5.02 Å². The molecule has 5 nitrogen and oxygen atoms in total. The van der Waals surface area contributed by atoms with Crippen molar-refractivity contribution < 1.29 is 15.0 Å². The van der Waals surface area contributed by atoms with Crippen LogP contribution in [0.15, 0.2) is 24.3 Å². The Morgan fingerprint density at radius 1 is 1.41 bits per heavy atom. The number of nitrogens with zero attached hydrogens (tertiary/aromatic N) is 2. The van der Waals surface area contributed by atoms with Crippen molar-refractivity contribution >= 4 is 17.6 Å². The van der Waals surface area contributed by atoms with E-state index < -0.39 is 5.97 Å². The van der Waals surface area contributed by atoms with E-state index in [-0.39, 0.29) is 11.4 Å². The molecule has 0 aliphatic carbocycles. The predicted molar refractivity (Wildman–Crippen MR) is 61.9 cm³/mol. The third-order valence-corrected chi connectivity index (χ3v) is 2.51. The second-order valence-corrected chi connectivity index (χ2v) is 3.96. The van der Waals surface area contributed by atoms with Gasteiger partial charge < -0.3 is 10.2 Å². The molecule has 88 valence electrons. The average Bonchev–Trinajstić information content (AvgIpc) is 2.64. The maximum atomic E-state index is 10.8. The van der Waals surface area contributed by atoms with Crippen LogP contribution < -0.4 is 0 Å². The lowest BCUT2D eigenvalue weighted by Gasteiger charge is -2.06. The van der Waals surface area contributed by atoms with Crippen LogP contribution in [0.3, 0.4) is 0 Å². The number of hydrogen-bond donors (Lipinski definition) is 2. The molecule has 0 atom stereocenters. The van der Waals surface area contributed by atoms with Crippen LogP contribution >= 0.6 is 11.6 Å². The minimum Gasteiger partial charge on any atom is -0.506 e. The zero-order valence-electron chi connectivity index (χ0n) is 8.88. The van der Waals surface area contributed by atoms with Crippen LogP contribution in [-0.2, 0) is 0 Å². The first-order valence-corrected chi connectivity index (χ1v) is 5.15. The highest BCUT2D eigenvalue weighted by molar-refractivity contribution is 6.30. The number of benzene rings is 1. The molecular formula is C11H9ClN2O3. The number of phenolic OH excluding ortho intramolecular Hbond substituents is 1. The number of carboxylic acids is 1. The van der Waals surface area contributed by atoms with Crippen LogP contribution in [0.4, 0.5) is 0 Å². The number of aromatic nitrogens is 2. The molecule has 2 aromatic rings. The molecule has 0 fully saturated rings. The Balaban J connectivity index is 2.60. The minimum atomic E-state index is -1.12. The van der Waals surface area contributed by atoms with Crippen LogP contribution in [0.25, 0.3) is 5.69 Å². The van der Waals surface area contributed by atoms with Crippen molar-refractivity contribution in [2.75, 3.05) is 0 Å². The van der Waals surface area contributed by atoms with E-state index in [1.807, 2.05) is 0 Å². The van der Waals surface area contributed by atoms with Crippen LogP contribution in [0.1, 0.15) is 16.2 Å². The summed E-state index contributed by atoms with van der Waals surface area (Å²) in [6.07, 6.45) is 0. The van der Waals surface area contributed by atoms with Gasteiger partial charge in [0.05, 0.1) is 0 Å². The summed E-state index contributed by atoms with van der Waals surface area (Å²) in [5, 5.41) is 22.8. The molecular weight excluding hydrogens is 244 g/mol. The number of carbonyl (C=O) groups is 1. The molecule has 0 saturated heterocycles. The molecule has 1 heterocycles. The lowest BCUT2D eigenvalue weighted by atomic mass is 10.3. The number of rotatable bonds is 2. The van der Waals surface area contributed by atoms with Crippen molar-refractivity contribution in [3.05, 3.63) is 40.7 Å². The van der Waals surface area contributed by atoms with Crippen molar-refractivity contribution in [1.82, 2.24) is 9.78 Å². The van der Waals surface area contributed by atoms with Crippen molar-refractivity contribution in [1.29, 1.82) is 0 Å². The average molecular weight is 253 g/mol. The van der Waals surface area contributed by atoms with Gasteiger partial charge in [-0.1, -0.05) is 11.6 Å². The van der Waals surface area contributed by atoms with Gasteiger partial charge in [-0.05, 0) is 31.2 Å². The highest BCUT2D eigenvalue weighted by atomic mass is 35.5. The third-order valence-electron chi connectivity index (χ3n) is 2.27. The predicted octanol–water partition coefficient (Wildman–Crippen LogP) is 2.24. The summed E-state index contributed by atoms with van der Waals surface area (Å²) >= 11 is 5.82. The zero-order valence-corrected chi connectivity index (χ0v) is 9.64. The van der Waals surface area contributed by atoms with E-state index >= 15 is 0 Å². The Hall–Kier alpha value is -2.01. The molecule has 0 aliphatic heterocycles. The van der Waals surface area contributed by atoms with Crippen LogP contribution in [0.5, 0.6) is 5.75 Å². The van der Waals surface area contributed by atoms with E-state index in [9.17, 15) is 9.90 Å². The second kappa shape index (κ2) is 4.10. The fourth-order valence-electron chi connectivity index (χ4n) is 1.49. The number of aryl methyl sites for hydroxylation is 1. The van der Waals surface area contributed by atoms with E-state index in [4.69, 9.17) is 16.7 Å². The van der Waals surface area contributed by atoms with Gasteiger partial charge in [0, 0.05) is 10.7 Å². The highest BCUT2D eigenvalue weighted by Gasteiger charge is 2.14. The number of phenols is 1. The molecule has 0 bridgehead atoms. The standard InChI is InChI=1S/C11H9ClN2O3/c1-6-4-8(11(16)17)13-14(6)9-5-7(12)2-3-10(9)15/h2-5,15H,1H3,(H,16,17). The molecule has 1 aromatic carbocycles. The van der Waals surface area contributed by atoms with Crippen molar-refractivity contribution in [3.8, 4) is 11.4 Å². The SMILES string of the molecule is Cc1cc(C(=O)O)nn1-c1cc(Cl)ccc1O. The summed E-state index contributed by atoms with van der Waals surface area (Å²) in [5.41, 5.74) is 0.865. The molecule has 17 heavy (non-hydrogen) atoms. The molecule has 6 heteroatoms. The van der Waals surface area contributed by atoms with Crippen molar-refractivity contribution in [2.45, 2.75) is 6.92 Å². The summed E-state index contributed by atoms with van der Waals surface area (Å²) in [7, 11) is 0. The minimum absolute atomic E-state index is 0.0162. The lowest BCUT2D eigenvalue weighted by Crippen LogP contribution is -2.02. The molecule has 2 N–H and O–H groups in total. The van der Waals surface area contributed by atoms with Crippen molar-refractivity contribution in [3.63, 3.8) is 0 Å². The monoisotopic (exact) mass is 252 g/mol. The molecule has 0 unspecified atom stereocenters.